The molecule has 1 N–H and O–H groups in total. The molecule has 4 rings (SSSR count). The molecule has 162 valence electrons. The smallest absolute Gasteiger partial charge is 0.286 e. The lowest BCUT2D eigenvalue weighted by Gasteiger charge is -2.30. The number of benzene rings is 2. The average Bonchev–Trinajstić information content (AvgIpc) is 3.26. The second-order valence-corrected chi connectivity index (χ2v) is 10.8. The number of carbonyl (C=O) groups excluding carboxylic acids is 1. The molecule has 1 atom stereocenters. The van der Waals surface area contributed by atoms with Crippen molar-refractivity contribution < 1.29 is 13.2 Å². The Bertz CT molecular complexity index is 1180. The van der Waals surface area contributed by atoms with Crippen molar-refractivity contribution in [2.75, 3.05) is 18.4 Å². The van der Waals surface area contributed by atoms with Gasteiger partial charge in [0.1, 0.15) is 5.01 Å². The molecule has 0 saturated carbocycles. The predicted octanol–water partition coefficient (Wildman–Crippen LogP) is 4.32. The van der Waals surface area contributed by atoms with Crippen LogP contribution >= 0.6 is 22.9 Å². The number of carbonyl (C=O) groups is 1. The van der Waals surface area contributed by atoms with Gasteiger partial charge in [-0.05, 0) is 56.2 Å². The summed E-state index contributed by atoms with van der Waals surface area (Å²) in [5, 5.41) is 12.5. The van der Waals surface area contributed by atoms with Gasteiger partial charge in [-0.2, -0.15) is 4.31 Å². The highest BCUT2D eigenvalue weighted by molar-refractivity contribution is 7.89. The van der Waals surface area contributed by atoms with Crippen LogP contribution in [-0.2, 0) is 10.0 Å². The number of rotatable bonds is 5. The van der Waals surface area contributed by atoms with E-state index in [9.17, 15) is 13.2 Å². The summed E-state index contributed by atoms with van der Waals surface area (Å²) >= 11 is 7.06. The normalized spacial score (nSPS) is 17.4. The van der Waals surface area contributed by atoms with Crippen LogP contribution in [-0.4, -0.2) is 41.9 Å². The Morgan fingerprint density at radius 2 is 1.84 bits per heavy atom. The number of nitrogens with one attached hydrogen (secondary N) is 1. The van der Waals surface area contributed by atoms with Crippen LogP contribution in [0.15, 0.2) is 53.4 Å². The van der Waals surface area contributed by atoms with Gasteiger partial charge in [0.05, 0.1) is 4.90 Å². The van der Waals surface area contributed by atoms with Gasteiger partial charge < -0.3 is 5.32 Å². The first kappa shape index (κ1) is 21.9. The summed E-state index contributed by atoms with van der Waals surface area (Å²) in [7, 11) is -3.57. The highest BCUT2D eigenvalue weighted by Gasteiger charge is 2.32. The molecule has 1 aliphatic heterocycles. The third-order valence-corrected chi connectivity index (χ3v) is 8.34. The quantitative estimate of drug-likeness (QED) is 0.592. The Morgan fingerprint density at radius 1 is 1.13 bits per heavy atom. The lowest BCUT2D eigenvalue weighted by Crippen LogP contribution is -2.39. The van der Waals surface area contributed by atoms with E-state index in [0.717, 1.165) is 18.4 Å². The van der Waals surface area contributed by atoms with Crippen molar-refractivity contribution in [2.24, 2.45) is 0 Å². The number of halogens is 1. The fourth-order valence-electron chi connectivity index (χ4n) is 3.43. The molecule has 2 aromatic carbocycles. The van der Waals surface area contributed by atoms with Gasteiger partial charge in [0.15, 0.2) is 0 Å². The molecular formula is C21H21ClN4O3S2. The Morgan fingerprint density at radius 3 is 2.55 bits per heavy atom. The van der Waals surface area contributed by atoms with E-state index in [1.165, 1.54) is 15.6 Å². The molecule has 0 spiro atoms. The molecule has 1 fully saturated rings. The first-order valence-corrected chi connectivity index (χ1v) is 12.4. The molecular weight excluding hydrogens is 456 g/mol. The third kappa shape index (κ3) is 4.95. The van der Waals surface area contributed by atoms with Gasteiger partial charge in [0.25, 0.3) is 5.91 Å². The highest BCUT2D eigenvalue weighted by atomic mass is 35.5. The topological polar surface area (TPSA) is 92.3 Å². The zero-order valence-corrected chi connectivity index (χ0v) is 19.2. The predicted molar refractivity (Wildman–Crippen MR) is 121 cm³/mol. The number of piperidine rings is 1. The molecule has 1 aliphatic rings. The lowest BCUT2D eigenvalue weighted by molar-refractivity contribution is 0.102. The summed E-state index contributed by atoms with van der Waals surface area (Å²) in [6.07, 6.45) is 1.52. The third-order valence-electron chi connectivity index (χ3n) is 5.13. The van der Waals surface area contributed by atoms with Crippen molar-refractivity contribution in [2.45, 2.75) is 30.6 Å². The largest absolute Gasteiger partial charge is 0.320 e. The van der Waals surface area contributed by atoms with E-state index in [0.29, 0.717) is 33.7 Å². The number of aryl methyl sites for hydroxylation is 1. The number of anilines is 1. The van der Waals surface area contributed by atoms with Crippen LogP contribution in [0.3, 0.4) is 0 Å². The van der Waals surface area contributed by atoms with Crippen molar-refractivity contribution in [1.29, 1.82) is 0 Å². The van der Waals surface area contributed by atoms with Crippen LogP contribution in [0.1, 0.15) is 39.1 Å². The monoisotopic (exact) mass is 476 g/mol. The SMILES string of the molecule is Cc1ccc(S(=O)(=O)N2CCC[C@H](c3nnc(C(=O)Nc4ccc(Cl)cc4)s3)C2)cc1. The molecule has 0 bridgehead atoms. The minimum atomic E-state index is -3.57. The average molecular weight is 477 g/mol. The van der Waals surface area contributed by atoms with E-state index in [2.05, 4.69) is 15.5 Å². The molecule has 10 heteroatoms. The number of hydrogen-bond donors (Lipinski definition) is 1. The number of amides is 1. The molecule has 7 nitrogen and oxygen atoms in total. The first-order chi connectivity index (χ1) is 14.8. The van der Waals surface area contributed by atoms with E-state index in [-0.39, 0.29) is 16.8 Å². The summed E-state index contributed by atoms with van der Waals surface area (Å²) in [5.74, 6) is -0.449. The van der Waals surface area contributed by atoms with Crippen molar-refractivity contribution in [3.63, 3.8) is 0 Å². The summed E-state index contributed by atoms with van der Waals surface area (Å²) in [6.45, 7) is 2.71. The van der Waals surface area contributed by atoms with Crippen LogP contribution in [0.5, 0.6) is 0 Å². The summed E-state index contributed by atoms with van der Waals surface area (Å²) < 4.78 is 27.6. The Kier molecular flexibility index (Phi) is 6.38. The fourth-order valence-corrected chi connectivity index (χ4v) is 5.94. The minimum absolute atomic E-state index is 0.0939. The second-order valence-electron chi connectivity index (χ2n) is 7.42. The van der Waals surface area contributed by atoms with Crippen LogP contribution in [0.2, 0.25) is 5.02 Å². The zero-order chi connectivity index (χ0) is 22.0. The van der Waals surface area contributed by atoms with E-state index in [1.807, 2.05) is 6.92 Å². The second kappa shape index (κ2) is 9.04. The Balaban J connectivity index is 1.46. The van der Waals surface area contributed by atoms with Gasteiger partial charge in [-0.3, -0.25) is 4.79 Å². The highest BCUT2D eigenvalue weighted by Crippen LogP contribution is 2.32. The molecule has 3 aromatic rings. The van der Waals surface area contributed by atoms with Gasteiger partial charge in [0.2, 0.25) is 15.0 Å². The van der Waals surface area contributed by atoms with Gasteiger partial charge in [-0.15, -0.1) is 10.2 Å². The van der Waals surface area contributed by atoms with E-state index >= 15 is 0 Å². The van der Waals surface area contributed by atoms with E-state index in [1.54, 1.807) is 48.5 Å². The van der Waals surface area contributed by atoms with Gasteiger partial charge in [-0.25, -0.2) is 8.42 Å². The van der Waals surface area contributed by atoms with Crippen molar-refractivity contribution in [3.8, 4) is 0 Å². The first-order valence-electron chi connectivity index (χ1n) is 9.80. The fraction of sp³-hybridized carbons (Fsp3) is 0.286. The minimum Gasteiger partial charge on any atom is -0.320 e. The molecule has 1 saturated heterocycles. The van der Waals surface area contributed by atoms with Gasteiger partial charge in [-0.1, -0.05) is 40.6 Å². The van der Waals surface area contributed by atoms with Crippen LogP contribution in [0, 0.1) is 6.92 Å². The molecule has 31 heavy (non-hydrogen) atoms. The maximum atomic E-state index is 13.0. The maximum absolute atomic E-state index is 13.0. The summed E-state index contributed by atoms with van der Waals surface area (Å²) in [6, 6.07) is 13.7. The molecule has 0 unspecified atom stereocenters. The molecule has 0 aliphatic carbocycles. The molecule has 1 amide bonds. The lowest BCUT2D eigenvalue weighted by atomic mass is 10.0. The Labute approximate surface area is 190 Å². The van der Waals surface area contributed by atoms with E-state index < -0.39 is 10.0 Å². The Hall–Kier alpha value is -2.33. The van der Waals surface area contributed by atoms with Crippen LogP contribution in [0.4, 0.5) is 5.69 Å². The van der Waals surface area contributed by atoms with Crippen molar-refractivity contribution in [3.05, 3.63) is 69.1 Å². The summed E-state index contributed by atoms with van der Waals surface area (Å²) in [4.78, 5) is 12.8. The van der Waals surface area contributed by atoms with E-state index in [4.69, 9.17) is 11.6 Å². The maximum Gasteiger partial charge on any atom is 0.286 e. The number of sulfonamides is 1. The van der Waals surface area contributed by atoms with Gasteiger partial charge >= 0.3 is 0 Å². The molecule has 1 aromatic heterocycles. The van der Waals surface area contributed by atoms with Gasteiger partial charge in [0, 0.05) is 29.7 Å². The number of hydrogen-bond acceptors (Lipinski definition) is 6. The zero-order valence-electron chi connectivity index (χ0n) is 16.8. The number of nitrogens with zero attached hydrogens (tertiary/aromatic N) is 3. The standard InChI is InChI=1S/C21H21ClN4O3S2/c1-14-4-10-18(11-5-14)31(28,29)26-12-2-3-15(13-26)20-24-25-21(30-20)19(27)23-17-8-6-16(22)7-9-17/h4-11,15H,2-3,12-13H2,1H3,(H,23,27)/t15-/m0/s1. The number of aromatic nitrogens is 2. The van der Waals surface area contributed by atoms with Crippen LogP contribution < -0.4 is 5.32 Å². The van der Waals surface area contributed by atoms with Crippen molar-refractivity contribution in [1.82, 2.24) is 14.5 Å². The summed E-state index contributed by atoms with van der Waals surface area (Å²) in [5.41, 5.74) is 1.62. The van der Waals surface area contributed by atoms with Crippen molar-refractivity contribution >= 4 is 44.6 Å². The van der Waals surface area contributed by atoms with Crippen LogP contribution in [0.25, 0.3) is 0 Å². The molecule has 2 heterocycles. The molecule has 0 radical (unpaired) electrons.